The Bertz CT molecular complexity index is 1700. The lowest BCUT2D eigenvalue weighted by atomic mass is 10.1. The Morgan fingerprint density at radius 2 is 2.07 bits per heavy atom. The van der Waals surface area contributed by atoms with Crippen LogP contribution < -0.4 is 10.6 Å². The number of hydrogen-bond donors (Lipinski definition) is 3. The first-order chi connectivity index (χ1) is 20.4. The molecule has 0 aliphatic carbocycles. The van der Waals surface area contributed by atoms with E-state index in [0.29, 0.717) is 42.4 Å². The molecule has 3 N–H and O–H groups in total. The van der Waals surface area contributed by atoms with Crippen molar-refractivity contribution in [3.8, 4) is 0 Å². The van der Waals surface area contributed by atoms with Gasteiger partial charge in [-0.2, -0.15) is 14.8 Å². The van der Waals surface area contributed by atoms with Crippen molar-refractivity contribution in [3.05, 3.63) is 63.8 Å². The minimum absolute atomic E-state index is 0.155. The molecule has 0 bridgehead atoms. The number of ether oxygens (including phenoxy) is 2. The number of aliphatic hydroxyl groups is 1. The zero-order valence-corrected chi connectivity index (χ0v) is 24.7. The number of rotatable bonds is 11. The maximum atomic E-state index is 11.4. The van der Waals surface area contributed by atoms with Crippen molar-refractivity contribution in [1.29, 1.82) is 0 Å². The highest BCUT2D eigenvalue weighted by Crippen LogP contribution is 2.40. The van der Waals surface area contributed by atoms with E-state index in [2.05, 4.69) is 64.7 Å². The molecule has 0 unspecified atom stereocenters. The van der Waals surface area contributed by atoms with E-state index in [9.17, 15) is 9.90 Å². The summed E-state index contributed by atoms with van der Waals surface area (Å²) in [5.74, 6) is 1.00. The number of fused-ring (bicyclic) bond motifs is 1. The number of tetrazole rings is 1. The summed E-state index contributed by atoms with van der Waals surface area (Å²) in [5, 5.41) is 29.6. The number of imidazole rings is 2. The van der Waals surface area contributed by atoms with E-state index in [-0.39, 0.29) is 12.3 Å². The van der Waals surface area contributed by atoms with Gasteiger partial charge < -0.3 is 29.8 Å². The van der Waals surface area contributed by atoms with Crippen LogP contribution >= 0.6 is 22.6 Å². The largest absolute Gasteiger partial charge is 0.457 e. The third-order valence-corrected chi connectivity index (χ3v) is 7.34. The van der Waals surface area contributed by atoms with Crippen molar-refractivity contribution in [3.63, 3.8) is 0 Å². The Hall–Kier alpha value is -4.23. The smallest absolute Gasteiger partial charge is 0.293 e. The minimum atomic E-state index is -1.27. The summed E-state index contributed by atoms with van der Waals surface area (Å²) in [6.07, 6.45) is 1.54. The lowest BCUT2D eigenvalue weighted by Gasteiger charge is -2.20. The van der Waals surface area contributed by atoms with Crippen LogP contribution in [0.25, 0.3) is 11.2 Å². The van der Waals surface area contributed by atoms with Crippen LogP contribution in [-0.2, 0) is 41.3 Å². The number of nitrogens with one attached hydrogen (secondary N) is 2. The molecule has 1 aromatic carbocycles. The third-order valence-electron chi connectivity index (χ3n) is 6.67. The van der Waals surface area contributed by atoms with Gasteiger partial charge in [0.1, 0.15) is 6.10 Å². The molecule has 218 valence electrons. The van der Waals surface area contributed by atoms with Crippen molar-refractivity contribution in [1.82, 2.24) is 49.3 Å². The van der Waals surface area contributed by atoms with Gasteiger partial charge in [-0.3, -0.25) is 9.36 Å². The summed E-state index contributed by atoms with van der Waals surface area (Å²) in [5.41, 5.74) is 2.87. The molecular formula is C25H27IN12O4. The third kappa shape index (κ3) is 5.74. The first-order valence-electron chi connectivity index (χ1n) is 13.0. The van der Waals surface area contributed by atoms with Gasteiger partial charge in [0.05, 0.1) is 25.4 Å². The summed E-state index contributed by atoms with van der Waals surface area (Å²) in [6, 6.07) is 8.11. The lowest BCUT2D eigenvalue weighted by molar-refractivity contribution is -0.142. The number of aromatic nitrogens is 10. The van der Waals surface area contributed by atoms with Gasteiger partial charge in [0.15, 0.2) is 35.4 Å². The zero-order valence-electron chi connectivity index (χ0n) is 22.6. The maximum absolute atomic E-state index is 11.4. The van der Waals surface area contributed by atoms with Gasteiger partial charge in [0, 0.05) is 36.3 Å². The lowest BCUT2D eigenvalue weighted by Crippen LogP contribution is -2.32. The van der Waals surface area contributed by atoms with E-state index < -0.39 is 24.5 Å². The molecule has 4 atom stereocenters. The van der Waals surface area contributed by atoms with Crippen LogP contribution in [0, 0.1) is 3.57 Å². The number of carbonyl (C=O) groups excluding carboxylic acids is 1. The second-order valence-electron chi connectivity index (χ2n) is 9.68. The van der Waals surface area contributed by atoms with Gasteiger partial charge in [-0.15, -0.1) is 10.2 Å². The van der Waals surface area contributed by atoms with Crippen LogP contribution in [0.2, 0.25) is 0 Å². The van der Waals surface area contributed by atoms with Crippen LogP contribution in [0.15, 0.2) is 43.1 Å². The Kier molecular flexibility index (Phi) is 7.94. The number of carbonyl (C=O) groups is 1. The molecule has 17 heteroatoms. The monoisotopic (exact) mass is 686 g/mol. The summed E-state index contributed by atoms with van der Waals surface area (Å²) in [6.45, 7) is 1.30. The van der Waals surface area contributed by atoms with Crippen molar-refractivity contribution >= 4 is 52.0 Å². The molecule has 5 aromatic rings. The van der Waals surface area contributed by atoms with Crippen molar-refractivity contribution in [2.75, 3.05) is 17.2 Å². The van der Waals surface area contributed by atoms with Crippen LogP contribution in [0.3, 0.4) is 0 Å². The molecule has 1 aliphatic heterocycles. The molecule has 4 aromatic heterocycles. The van der Waals surface area contributed by atoms with Gasteiger partial charge in [0.2, 0.25) is 11.8 Å². The van der Waals surface area contributed by atoms with E-state index in [1.54, 1.807) is 17.9 Å². The molecule has 1 aliphatic rings. The highest BCUT2D eigenvalue weighted by atomic mass is 127. The zero-order chi connectivity index (χ0) is 29.2. The van der Waals surface area contributed by atoms with Gasteiger partial charge in [0.25, 0.3) is 6.47 Å². The molecule has 1 saturated heterocycles. The number of aliphatic hydroxyl groups excluding tert-OH is 1. The van der Waals surface area contributed by atoms with Crippen LogP contribution in [0.4, 0.5) is 11.8 Å². The van der Waals surface area contributed by atoms with Crippen LogP contribution in [-0.4, -0.2) is 79.6 Å². The molecular weight excluding hydrogens is 659 g/mol. The van der Waals surface area contributed by atoms with Crippen molar-refractivity contribution in [2.24, 2.45) is 14.1 Å². The first kappa shape index (κ1) is 27.9. The molecule has 0 spiro atoms. The summed E-state index contributed by atoms with van der Waals surface area (Å²) >= 11 is 2.27. The number of hydrogen-bond acceptors (Lipinski definition) is 13. The van der Waals surface area contributed by atoms with E-state index in [4.69, 9.17) is 19.4 Å². The van der Waals surface area contributed by atoms with Gasteiger partial charge in [-0.25, -0.2) is 9.97 Å². The van der Waals surface area contributed by atoms with E-state index in [1.165, 1.54) is 11.1 Å². The van der Waals surface area contributed by atoms with E-state index >= 15 is 0 Å². The van der Waals surface area contributed by atoms with Crippen LogP contribution in [0.1, 0.15) is 29.4 Å². The minimum Gasteiger partial charge on any atom is -0.457 e. The number of halogens is 1. The normalized spacial score (nSPS) is 20.2. The standard InChI is InChI=1S/C25H27IN12O4/c1-36-10-16(29-11-36)6-7-27-25-31-21(28-9-14-4-3-5-15(26)8-14)17-23(32-25)38(12-30-17)24-20(41-13-39)18(40)19(42-24)22-33-35-37(2)34-22/h3-5,8,10-13,18-20,24,40H,6-7,9H2,1-2H3,(H2,27,28,31,32)/t18-,19+,20-,24-/m1/s1. The summed E-state index contributed by atoms with van der Waals surface area (Å²) in [7, 11) is 3.52. The molecule has 0 radical (unpaired) electrons. The topological polar surface area (TPSA) is 185 Å². The predicted octanol–water partition coefficient (Wildman–Crippen LogP) is 1.13. The number of nitrogens with zero attached hydrogens (tertiary/aromatic N) is 10. The molecule has 6 rings (SSSR count). The molecule has 16 nitrogen and oxygen atoms in total. The fraction of sp³-hybridized carbons (Fsp3) is 0.360. The van der Waals surface area contributed by atoms with Crippen LogP contribution in [0.5, 0.6) is 0 Å². The Balaban J connectivity index is 1.33. The van der Waals surface area contributed by atoms with Gasteiger partial charge in [-0.05, 0) is 45.5 Å². The fourth-order valence-electron chi connectivity index (χ4n) is 4.75. The quantitative estimate of drug-likeness (QED) is 0.133. The molecule has 42 heavy (non-hydrogen) atoms. The van der Waals surface area contributed by atoms with E-state index in [1.807, 2.05) is 36.0 Å². The predicted molar refractivity (Wildman–Crippen MR) is 156 cm³/mol. The highest BCUT2D eigenvalue weighted by Gasteiger charge is 2.49. The first-order valence-corrected chi connectivity index (χ1v) is 14.1. The summed E-state index contributed by atoms with van der Waals surface area (Å²) < 4.78 is 16.0. The van der Waals surface area contributed by atoms with E-state index in [0.717, 1.165) is 14.8 Å². The Morgan fingerprint density at radius 3 is 2.81 bits per heavy atom. The number of anilines is 2. The molecule has 1 fully saturated rings. The molecule has 0 saturated carbocycles. The Labute approximate surface area is 252 Å². The Morgan fingerprint density at radius 1 is 1.19 bits per heavy atom. The molecule has 0 amide bonds. The average Bonchev–Trinajstić information content (AvgIpc) is 3.76. The average molecular weight is 686 g/mol. The maximum Gasteiger partial charge on any atom is 0.293 e. The van der Waals surface area contributed by atoms with Crippen molar-refractivity contribution in [2.45, 2.75) is 37.5 Å². The SMILES string of the molecule is Cn1cnc(CCNc2nc(NCc3cccc(I)c3)c3ncn([C@@H]4O[C@H](c5nnn(C)n5)[C@@H](O)[C@H]4OC=O)c3n2)c1. The van der Waals surface area contributed by atoms with Gasteiger partial charge in [-0.1, -0.05) is 12.1 Å². The van der Waals surface area contributed by atoms with Crippen molar-refractivity contribution < 1.29 is 19.4 Å². The number of benzene rings is 1. The second-order valence-corrected chi connectivity index (χ2v) is 10.9. The number of aryl methyl sites for hydroxylation is 2. The van der Waals surface area contributed by atoms with Gasteiger partial charge >= 0.3 is 0 Å². The summed E-state index contributed by atoms with van der Waals surface area (Å²) in [4.78, 5) is 31.0. The fourth-order valence-corrected chi connectivity index (χ4v) is 5.35. The molecule has 5 heterocycles. The highest BCUT2D eigenvalue weighted by molar-refractivity contribution is 14.1. The second kappa shape index (κ2) is 11.9.